The minimum Gasteiger partial charge on any atom is -0.381 e. The van der Waals surface area contributed by atoms with Crippen molar-refractivity contribution in [3.63, 3.8) is 0 Å². The number of hydrogen-bond donors (Lipinski definition) is 1. The van der Waals surface area contributed by atoms with Gasteiger partial charge in [-0.15, -0.1) is 11.3 Å². The Balaban J connectivity index is 1.43. The van der Waals surface area contributed by atoms with E-state index in [2.05, 4.69) is 10.3 Å². The Morgan fingerprint density at radius 1 is 1.28 bits per heavy atom. The first-order valence-corrected chi connectivity index (χ1v) is 9.44. The van der Waals surface area contributed by atoms with Crippen molar-refractivity contribution in [3.8, 4) is 0 Å². The van der Waals surface area contributed by atoms with Crippen LogP contribution in [0.3, 0.4) is 0 Å². The summed E-state index contributed by atoms with van der Waals surface area (Å²) in [6.45, 7) is 2.66. The number of halogens is 3. The van der Waals surface area contributed by atoms with Gasteiger partial charge < -0.3 is 15.0 Å². The van der Waals surface area contributed by atoms with Crippen molar-refractivity contribution in [3.05, 3.63) is 11.1 Å². The number of amides is 1. The van der Waals surface area contributed by atoms with E-state index in [4.69, 9.17) is 4.74 Å². The van der Waals surface area contributed by atoms with Crippen molar-refractivity contribution < 1.29 is 22.7 Å². The van der Waals surface area contributed by atoms with Crippen LogP contribution in [0.2, 0.25) is 0 Å². The quantitative estimate of drug-likeness (QED) is 0.876. The molecule has 0 bridgehead atoms. The van der Waals surface area contributed by atoms with Gasteiger partial charge in [-0.3, -0.25) is 4.79 Å². The van der Waals surface area contributed by atoms with Crippen molar-refractivity contribution >= 4 is 22.4 Å². The summed E-state index contributed by atoms with van der Waals surface area (Å²) >= 11 is 1.03. The zero-order valence-corrected chi connectivity index (χ0v) is 14.7. The molecular formula is C16H22F3N3O2S. The van der Waals surface area contributed by atoms with Crippen LogP contribution in [0.4, 0.5) is 18.3 Å². The van der Waals surface area contributed by atoms with E-state index in [0.717, 1.165) is 42.4 Å². The SMILES string of the molecule is O=C(CC1CCN(c2nc(C(F)(F)F)cs2)CC1)NC1CCOCC1. The molecule has 0 saturated carbocycles. The van der Waals surface area contributed by atoms with Gasteiger partial charge >= 0.3 is 6.18 Å². The zero-order chi connectivity index (χ0) is 17.9. The highest BCUT2D eigenvalue weighted by molar-refractivity contribution is 7.13. The molecule has 0 radical (unpaired) electrons. The minimum absolute atomic E-state index is 0.0685. The maximum Gasteiger partial charge on any atom is 0.434 e. The van der Waals surface area contributed by atoms with Crippen molar-refractivity contribution in [1.29, 1.82) is 0 Å². The van der Waals surface area contributed by atoms with Crippen molar-refractivity contribution in [1.82, 2.24) is 10.3 Å². The zero-order valence-electron chi connectivity index (χ0n) is 13.8. The molecule has 0 aliphatic carbocycles. The number of thiazole rings is 1. The molecule has 2 fully saturated rings. The predicted octanol–water partition coefficient (Wildman–Crippen LogP) is 3.06. The fraction of sp³-hybridized carbons (Fsp3) is 0.750. The number of ether oxygens (including phenoxy) is 1. The van der Waals surface area contributed by atoms with Gasteiger partial charge in [0.1, 0.15) is 0 Å². The largest absolute Gasteiger partial charge is 0.434 e. The number of aromatic nitrogens is 1. The highest BCUT2D eigenvalue weighted by Crippen LogP contribution is 2.34. The summed E-state index contributed by atoms with van der Waals surface area (Å²) in [6, 6.07) is 0.206. The number of anilines is 1. The summed E-state index contributed by atoms with van der Waals surface area (Å²) in [5, 5.41) is 4.53. The second-order valence-electron chi connectivity index (χ2n) is 6.60. The number of piperidine rings is 1. The molecule has 0 spiro atoms. The molecule has 0 unspecified atom stereocenters. The van der Waals surface area contributed by atoms with Crippen LogP contribution in [0.15, 0.2) is 5.38 Å². The lowest BCUT2D eigenvalue weighted by atomic mass is 9.93. The van der Waals surface area contributed by atoms with E-state index in [0.29, 0.717) is 37.9 Å². The summed E-state index contributed by atoms with van der Waals surface area (Å²) in [5.74, 6) is 0.345. The fourth-order valence-electron chi connectivity index (χ4n) is 3.26. The fourth-order valence-corrected chi connectivity index (χ4v) is 4.14. The first-order chi connectivity index (χ1) is 11.9. The van der Waals surface area contributed by atoms with Crippen molar-refractivity contribution in [2.24, 2.45) is 5.92 Å². The number of alkyl halides is 3. The number of carbonyl (C=O) groups is 1. The number of carbonyl (C=O) groups excluding carboxylic acids is 1. The monoisotopic (exact) mass is 377 g/mol. The molecular weight excluding hydrogens is 355 g/mol. The molecule has 3 heterocycles. The Kier molecular flexibility index (Phi) is 5.83. The Bertz CT molecular complexity index is 579. The maximum atomic E-state index is 12.6. The van der Waals surface area contributed by atoms with Gasteiger partial charge in [0.15, 0.2) is 10.8 Å². The molecule has 2 aliphatic rings. The van der Waals surface area contributed by atoms with Crippen molar-refractivity contribution in [2.75, 3.05) is 31.2 Å². The van der Waals surface area contributed by atoms with Crippen LogP contribution in [-0.2, 0) is 15.7 Å². The molecule has 2 aliphatic heterocycles. The first-order valence-electron chi connectivity index (χ1n) is 8.56. The molecule has 5 nitrogen and oxygen atoms in total. The van der Waals surface area contributed by atoms with Crippen LogP contribution in [0.25, 0.3) is 0 Å². The van der Waals surface area contributed by atoms with E-state index < -0.39 is 11.9 Å². The lowest BCUT2D eigenvalue weighted by molar-refractivity contribution is -0.140. The number of nitrogens with one attached hydrogen (secondary N) is 1. The van der Waals surface area contributed by atoms with E-state index in [1.807, 2.05) is 4.90 Å². The van der Waals surface area contributed by atoms with Gasteiger partial charge in [0, 0.05) is 44.1 Å². The van der Waals surface area contributed by atoms with E-state index in [1.54, 1.807) is 0 Å². The lowest BCUT2D eigenvalue weighted by Gasteiger charge is -2.32. The van der Waals surface area contributed by atoms with Crippen LogP contribution < -0.4 is 10.2 Å². The molecule has 1 N–H and O–H groups in total. The lowest BCUT2D eigenvalue weighted by Crippen LogP contribution is -2.41. The molecule has 1 aromatic rings. The second kappa shape index (κ2) is 7.90. The first kappa shape index (κ1) is 18.4. The van der Waals surface area contributed by atoms with Gasteiger partial charge in [-0.2, -0.15) is 13.2 Å². The molecule has 0 atom stereocenters. The van der Waals surface area contributed by atoms with Gasteiger partial charge in [-0.1, -0.05) is 0 Å². The van der Waals surface area contributed by atoms with Gasteiger partial charge in [0.25, 0.3) is 0 Å². The average molecular weight is 377 g/mol. The molecule has 0 aromatic carbocycles. The summed E-state index contributed by atoms with van der Waals surface area (Å²) < 4.78 is 43.2. The van der Waals surface area contributed by atoms with E-state index >= 15 is 0 Å². The Labute approximate surface area is 148 Å². The molecule has 140 valence electrons. The maximum absolute atomic E-state index is 12.6. The van der Waals surface area contributed by atoms with Crippen LogP contribution in [0, 0.1) is 5.92 Å². The topological polar surface area (TPSA) is 54.5 Å². The van der Waals surface area contributed by atoms with E-state index in [1.165, 1.54) is 0 Å². The third-order valence-corrected chi connectivity index (χ3v) is 5.63. The van der Waals surface area contributed by atoms with Gasteiger partial charge in [-0.25, -0.2) is 4.98 Å². The van der Waals surface area contributed by atoms with Crippen LogP contribution in [0.5, 0.6) is 0 Å². The molecule has 1 amide bonds. The Morgan fingerprint density at radius 3 is 2.56 bits per heavy atom. The van der Waals surface area contributed by atoms with Crippen LogP contribution >= 0.6 is 11.3 Å². The van der Waals surface area contributed by atoms with Gasteiger partial charge in [-0.05, 0) is 31.6 Å². The smallest absolute Gasteiger partial charge is 0.381 e. The van der Waals surface area contributed by atoms with Gasteiger partial charge in [0.2, 0.25) is 5.91 Å². The normalized spacial score (nSPS) is 20.7. The summed E-state index contributed by atoms with van der Waals surface area (Å²) in [4.78, 5) is 17.7. The average Bonchev–Trinajstić information content (AvgIpc) is 3.07. The number of nitrogens with zero attached hydrogens (tertiary/aromatic N) is 2. The Morgan fingerprint density at radius 2 is 1.96 bits per heavy atom. The molecule has 25 heavy (non-hydrogen) atoms. The standard InChI is InChI=1S/C16H22F3N3O2S/c17-16(18,19)13-10-25-15(21-13)22-5-1-11(2-6-22)9-14(23)20-12-3-7-24-8-4-12/h10-12H,1-9H2,(H,20,23). The predicted molar refractivity (Wildman–Crippen MR) is 88.7 cm³/mol. The minimum atomic E-state index is -4.39. The van der Waals surface area contributed by atoms with E-state index in [9.17, 15) is 18.0 Å². The highest BCUT2D eigenvalue weighted by atomic mass is 32.1. The number of hydrogen-bond acceptors (Lipinski definition) is 5. The molecule has 2 saturated heterocycles. The van der Waals surface area contributed by atoms with Gasteiger partial charge in [0.05, 0.1) is 0 Å². The number of rotatable bonds is 4. The highest BCUT2D eigenvalue weighted by Gasteiger charge is 2.34. The van der Waals surface area contributed by atoms with Crippen LogP contribution in [0.1, 0.15) is 37.8 Å². The molecule has 3 rings (SSSR count). The van der Waals surface area contributed by atoms with Crippen LogP contribution in [-0.4, -0.2) is 43.2 Å². The Hall–Kier alpha value is -1.35. The van der Waals surface area contributed by atoms with E-state index in [-0.39, 0.29) is 17.9 Å². The third kappa shape index (κ3) is 5.07. The second-order valence-corrected chi connectivity index (χ2v) is 7.44. The molecule has 9 heteroatoms. The molecule has 1 aromatic heterocycles. The summed E-state index contributed by atoms with van der Waals surface area (Å²) in [6.07, 6.45) is -0.609. The van der Waals surface area contributed by atoms with Crippen molar-refractivity contribution in [2.45, 2.75) is 44.3 Å². The summed E-state index contributed by atoms with van der Waals surface area (Å²) in [7, 11) is 0. The summed E-state index contributed by atoms with van der Waals surface area (Å²) in [5.41, 5.74) is -0.828. The third-order valence-electron chi connectivity index (χ3n) is 4.73.